The van der Waals surface area contributed by atoms with Gasteiger partial charge in [-0.1, -0.05) is 18.2 Å². The molecule has 2 amide bonds. The second-order valence-corrected chi connectivity index (χ2v) is 7.51. The van der Waals surface area contributed by atoms with E-state index in [1.165, 1.54) is 11.3 Å². The Labute approximate surface area is 165 Å². The highest BCUT2D eigenvalue weighted by Gasteiger charge is 2.17. The van der Waals surface area contributed by atoms with Crippen LogP contribution in [0, 0.1) is 0 Å². The molecule has 9 heteroatoms. The molecule has 1 aliphatic heterocycles. The van der Waals surface area contributed by atoms with Gasteiger partial charge in [-0.15, -0.1) is 11.3 Å². The van der Waals surface area contributed by atoms with Gasteiger partial charge in [-0.25, -0.2) is 0 Å². The van der Waals surface area contributed by atoms with Crippen LogP contribution in [0.3, 0.4) is 0 Å². The number of fused-ring (bicyclic) bond motifs is 1. The molecule has 4 rings (SSSR count). The molecule has 1 fully saturated rings. The summed E-state index contributed by atoms with van der Waals surface area (Å²) in [5, 5.41) is 13.5. The predicted molar refractivity (Wildman–Crippen MR) is 108 cm³/mol. The number of thiophene rings is 1. The number of carbonyl (C=O) groups is 2. The number of benzene rings is 1. The minimum absolute atomic E-state index is 0.122. The van der Waals surface area contributed by atoms with Gasteiger partial charge in [-0.05, 0) is 18.2 Å². The van der Waals surface area contributed by atoms with Crippen LogP contribution in [0.4, 0.5) is 5.82 Å². The average molecular weight is 399 g/mol. The molecule has 0 bridgehead atoms. The first-order chi connectivity index (χ1) is 13.7. The van der Waals surface area contributed by atoms with Gasteiger partial charge in [0.15, 0.2) is 5.82 Å². The maximum absolute atomic E-state index is 12.4. The molecular formula is C19H21N5O3S. The molecule has 0 spiro atoms. The summed E-state index contributed by atoms with van der Waals surface area (Å²) in [7, 11) is 0. The Morgan fingerprint density at radius 3 is 2.75 bits per heavy atom. The number of aromatic nitrogens is 2. The van der Waals surface area contributed by atoms with E-state index >= 15 is 0 Å². The van der Waals surface area contributed by atoms with Gasteiger partial charge in [0.1, 0.15) is 4.83 Å². The van der Waals surface area contributed by atoms with Crippen LogP contribution in [0.5, 0.6) is 0 Å². The molecule has 0 aliphatic carbocycles. The van der Waals surface area contributed by atoms with E-state index in [1.54, 1.807) is 30.3 Å². The molecule has 2 aromatic heterocycles. The Kier molecular flexibility index (Phi) is 5.65. The van der Waals surface area contributed by atoms with Crippen LogP contribution in [0.15, 0.2) is 36.4 Å². The summed E-state index contributed by atoms with van der Waals surface area (Å²) in [6, 6.07) is 10.7. The number of nitrogens with zero attached hydrogens (tertiary/aromatic N) is 2. The third-order valence-corrected chi connectivity index (χ3v) is 5.60. The average Bonchev–Trinajstić information content (AvgIpc) is 3.31. The Hall–Kier alpha value is -2.75. The maximum Gasteiger partial charge on any atom is 0.261 e. The van der Waals surface area contributed by atoms with Crippen LogP contribution >= 0.6 is 11.3 Å². The first-order valence-electron chi connectivity index (χ1n) is 9.13. The molecule has 3 heterocycles. The molecular weight excluding hydrogens is 378 g/mol. The molecule has 1 saturated heterocycles. The number of rotatable bonds is 6. The Balaban J connectivity index is 1.38. The zero-order valence-electron chi connectivity index (χ0n) is 15.2. The lowest BCUT2D eigenvalue weighted by atomic mass is 10.2. The van der Waals surface area contributed by atoms with Crippen molar-refractivity contribution in [2.45, 2.75) is 0 Å². The zero-order valence-corrected chi connectivity index (χ0v) is 16.1. The van der Waals surface area contributed by atoms with Crippen molar-refractivity contribution in [2.24, 2.45) is 0 Å². The van der Waals surface area contributed by atoms with Crippen LogP contribution in [-0.4, -0.2) is 66.3 Å². The van der Waals surface area contributed by atoms with E-state index in [0.29, 0.717) is 22.8 Å². The van der Waals surface area contributed by atoms with E-state index in [4.69, 9.17) is 4.74 Å². The van der Waals surface area contributed by atoms with Crippen molar-refractivity contribution in [3.8, 4) is 0 Å². The number of carbonyl (C=O) groups excluding carboxylic acids is 2. The second kappa shape index (κ2) is 8.51. The van der Waals surface area contributed by atoms with Crippen molar-refractivity contribution in [3.05, 3.63) is 46.8 Å². The molecule has 3 N–H and O–H groups in total. The number of aromatic amines is 1. The number of anilines is 1. The summed E-state index contributed by atoms with van der Waals surface area (Å²) in [6.45, 7) is 4.67. The van der Waals surface area contributed by atoms with Crippen molar-refractivity contribution >= 4 is 39.2 Å². The van der Waals surface area contributed by atoms with Gasteiger partial charge < -0.3 is 15.4 Å². The summed E-state index contributed by atoms with van der Waals surface area (Å²) in [5.74, 6) is 0.0624. The fraction of sp³-hybridized carbons (Fsp3) is 0.316. The van der Waals surface area contributed by atoms with Crippen LogP contribution in [-0.2, 0) is 4.74 Å². The summed E-state index contributed by atoms with van der Waals surface area (Å²) >= 11 is 1.32. The molecule has 0 atom stereocenters. The highest BCUT2D eigenvalue weighted by Crippen LogP contribution is 2.29. The number of ether oxygens (including phenoxy) is 1. The van der Waals surface area contributed by atoms with E-state index in [-0.39, 0.29) is 11.8 Å². The van der Waals surface area contributed by atoms with Crippen molar-refractivity contribution in [3.63, 3.8) is 0 Å². The minimum Gasteiger partial charge on any atom is -0.379 e. The SMILES string of the molecule is O=C(Nc1n[nH]c2sc(C(=O)NCCN3CCOCC3)cc12)c1ccccc1. The van der Waals surface area contributed by atoms with Crippen molar-refractivity contribution in [1.82, 2.24) is 20.4 Å². The molecule has 0 radical (unpaired) electrons. The number of nitrogens with one attached hydrogen (secondary N) is 3. The van der Waals surface area contributed by atoms with E-state index in [9.17, 15) is 9.59 Å². The Morgan fingerprint density at radius 1 is 1.18 bits per heavy atom. The Morgan fingerprint density at radius 2 is 1.96 bits per heavy atom. The molecule has 1 aromatic carbocycles. The lowest BCUT2D eigenvalue weighted by Crippen LogP contribution is -2.41. The standard InChI is InChI=1S/C19H21N5O3S/c25-17(13-4-2-1-3-5-13)21-16-14-12-15(28-19(14)23-22-16)18(26)20-6-7-24-8-10-27-11-9-24/h1-5,12H,6-11H2,(H,20,26)(H2,21,22,23,25). The Bertz CT molecular complexity index is 963. The van der Waals surface area contributed by atoms with Crippen LogP contribution in [0.2, 0.25) is 0 Å². The van der Waals surface area contributed by atoms with E-state index in [2.05, 4.69) is 25.7 Å². The lowest BCUT2D eigenvalue weighted by Gasteiger charge is -2.26. The third kappa shape index (κ3) is 4.22. The normalized spacial score (nSPS) is 14.9. The highest BCUT2D eigenvalue weighted by atomic mass is 32.1. The lowest BCUT2D eigenvalue weighted by molar-refractivity contribution is 0.0383. The number of hydrogen-bond acceptors (Lipinski definition) is 6. The van der Waals surface area contributed by atoms with E-state index in [1.807, 2.05) is 6.07 Å². The van der Waals surface area contributed by atoms with Gasteiger partial charge in [-0.2, -0.15) is 5.10 Å². The fourth-order valence-corrected chi connectivity index (χ4v) is 3.95. The summed E-state index contributed by atoms with van der Waals surface area (Å²) in [4.78, 5) is 28.4. The maximum atomic E-state index is 12.4. The largest absolute Gasteiger partial charge is 0.379 e. The van der Waals surface area contributed by atoms with Gasteiger partial charge in [0.05, 0.1) is 23.5 Å². The first kappa shape index (κ1) is 18.6. The topological polar surface area (TPSA) is 99.3 Å². The van der Waals surface area contributed by atoms with E-state index in [0.717, 1.165) is 43.1 Å². The monoisotopic (exact) mass is 399 g/mol. The van der Waals surface area contributed by atoms with Gasteiger partial charge in [0, 0.05) is 31.7 Å². The molecule has 8 nitrogen and oxygen atoms in total. The molecule has 0 unspecified atom stereocenters. The molecule has 3 aromatic rings. The molecule has 146 valence electrons. The fourth-order valence-electron chi connectivity index (χ4n) is 3.03. The number of H-pyrrole nitrogens is 1. The van der Waals surface area contributed by atoms with E-state index < -0.39 is 0 Å². The predicted octanol–water partition coefficient (Wildman–Crippen LogP) is 1.94. The first-order valence-corrected chi connectivity index (χ1v) is 9.95. The third-order valence-electron chi connectivity index (χ3n) is 4.57. The van der Waals surface area contributed by atoms with Crippen molar-refractivity contribution < 1.29 is 14.3 Å². The van der Waals surface area contributed by atoms with Crippen LogP contribution < -0.4 is 10.6 Å². The summed E-state index contributed by atoms with van der Waals surface area (Å²) < 4.78 is 5.32. The number of hydrogen-bond donors (Lipinski definition) is 3. The zero-order chi connectivity index (χ0) is 19.3. The van der Waals surface area contributed by atoms with Crippen molar-refractivity contribution in [2.75, 3.05) is 44.7 Å². The quantitative estimate of drug-likeness (QED) is 0.588. The van der Waals surface area contributed by atoms with Crippen LogP contribution in [0.25, 0.3) is 10.2 Å². The minimum atomic E-state index is -0.239. The van der Waals surface area contributed by atoms with Crippen LogP contribution in [0.1, 0.15) is 20.0 Å². The summed E-state index contributed by atoms with van der Waals surface area (Å²) in [5.41, 5.74) is 0.551. The number of amides is 2. The smallest absolute Gasteiger partial charge is 0.261 e. The van der Waals surface area contributed by atoms with Gasteiger partial charge in [0.25, 0.3) is 11.8 Å². The van der Waals surface area contributed by atoms with Gasteiger partial charge in [0.2, 0.25) is 0 Å². The highest BCUT2D eigenvalue weighted by molar-refractivity contribution is 7.20. The second-order valence-electron chi connectivity index (χ2n) is 6.46. The van der Waals surface area contributed by atoms with Gasteiger partial charge >= 0.3 is 0 Å². The summed E-state index contributed by atoms with van der Waals surface area (Å²) in [6.07, 6.45) is 0. The number of morpholine rings is 1. The van der Waals surface area contributed by atoms with Gasteiger partial charge in [-0.3, -0.25) is 19.6 Å². The molecule has 0 saturated carbocycles. The molecule has 28 heavy (non-hydrogen) atoms. The molecule has 1 aliphatic rings. The van der Waals surface area contributed by atoms with Crippen molar-refractivity contribution in [1.29, 1.82) is 0 Å².